The van der Waals surface area contributed by atoms with Crippen molar-refractivity contribution in [3.63, 3.8) is 0 Å². The topological polar surface area (TPSA) is 82.7 Å². The number of nitrogens with zero attached hydrogens (tertiary/aromatic N) is 2. The predicted molar refractivity (Wildman–Crippen MR) is 109 cm³/mol. The van der Waals surface area contributed by atoms with Crippen LogP contribution in [0.2, 0.25) is 0 Å². The molecule has 1 aromatic heterocycles. The largest absolute Gasteiger partial charge is 0.468 e. The van der Waals surface area contributed by atoms with Gasteiger partial charge in [0, 0.05) is 55.5 Å². The molecule has 28 heavy (non-hydrogen) atoms. The van der Waals surface area contributed by atoms with E-state index in [-0.39, 0.29) is 23.5 Å². The fraction of sp³-hybridized carbons (Fsp3) is 0.450. The Labute approximate surface area is 168 Å². The number of thioether (sulfide) groups is 1. The maximum atomic E-state index is 12.7. The normalized spacial score (nSPS) is 14.3. The van der Waals surface area contributed by atoms with Crippen molar-refractivity contribution < 1.29 is 19.1 Å². The summed E-state index contributed by atoms with van der Waals surface area (Å²) in [5.74, 6) is 0.736. The first-order valence-electron chi connectivity index (χ1n) is 9.33. The SMILES string of the molecule is COC(=O)CSCCC(=O)N1CCN(C(=O)Cc2c[nH]c3ccccc23)CC1. The maximum Gasteiger partial charge on any atom is 0.315 e. The molecule has 1 N–H and O–H groups in total. The molecule has 2 aromatic rings. The predicted octanol–water partition coefficient (Wildman–Crippen LogP) is 1.68. The first kappa shape index (κ1) is 20.3. The molecule has 1 saturated heterocycles. The Morgan fingerprint density at radius 2 is 1.75 bits per heavy atom. The van der Waals surface area contributed by atoms with E-state index in [1.807, 2.05) is 35.4 Å². The van der Waals surface area contributed by atoms with E-state index in [0.717, 1.165) is 16.5 Å². The van der Waals surface area contributed by atoms with Gasteiger partial charge in [0.15, 0.2) is 0 Å². The molecule has 0 atom stereocenters. The summed E-state index contributed by atoms with van der Waals surface area (Å²) in [6.45, 7) is 2.23. The van der Waals surface area contributed by atoms with Gasteiger partial charge in [0.2, 0.25) is 11.8 Å². The van der Waals surface area contributed by atoms with E-state index >= 15 is 0 Å². The zero-order valence-corrected chi connectivity index (χ0v) is 16.8. The Morgan fingerprint density at radius 3 is 2.46 bits per heavy atom. The van der Waals surface area contributed by atoms with Gasteiger partial charge in [-0.2, -0.15) is 0 Å². The van der Waals surface area contributed by atoms with Crippen molar-refractivity contribution in [2.45, 2.75) is 12.8 Å². The van der Waals surface area contributed by atoms with Gasteiger partial charge in [-0.05, 0) is 11.6 Å². The number of H-pyrrole nitrogens is 1. The molecule has 0 spiro atoms. The van der Waals surface area contributed by atoms with Crippen LogP contribution in [0.25, 0.3) is 10.9 Å². The lowest BCUT2D eigenvalue weighted by Crippen LogP contribution is -2.51. The maximum absolute atomic E-state index is 12.7. The molecule has 1 aromatic carbocycles. The van der Waals surface area contributed by atoms with E-state index in [9.17, 15) is 14.4 Å². The van der Waals surface area contributed by atoms with Crippen LogP contribution in [0.1, 0.15) is 12.0 Å². The van der Waals surface area contributed by atoms with Gasteiger partial charge in [0.1, 0.15) is 0 Å². The molecular formula is C20H25N3O4S. The first-order valence-corrected chi connectivity index (χ1v) is 10.5. The summed E-state index contributed by atoms with van der Waals surface area (Å²) in [7, 11) is 1.35. The number of carbonyl (C=O) groups excluding carboxylic acids is 3. The zero-order valence-electron chi connectivity index (χ0n) is 16.0. The number of methoxy groups -OCH3 is 1. The Balaban J connectivity index is 1.42. The van der Waals surface area contributed by atoms with Crippen LogP contribution in [-0.2, 0) is 25.5 Å². The summed E-state index contributed by atoms with van der Waals surface area (Å²) in [6.07, 6.45) is 2.65. The highest BCUT2D eigenvalue weighted by Crippen LogP contribution is 2.19. The molecule has 0 saturated carbocycles. The number of hydrogen-bond donors (Lipinski definition) is 1. The van der Waals surface area contributed by atoms with Crippen LogP contribution in [0.4, 0.5) is 0 Å². The van der Waals surface area contributed by atoms with Crippen LogP contribution in [0.3, 0.4) is 0 Å². The number of nitrogens with one attached hydrogen (secondary N) is 1. The number of fused-ring (bicyclic) bond motifs is 1. The van der Waals surface area contributed by atoms with Crippen LogP contribution in [0.5, 0.6) is 0 Å². The highest BCUT2D eigenvalue weighted by Gasteiger charge is 2.24. The van der Waals surface area contributed by atoms with Crippen LogP contribution >= 0.6 is 11.8 Å². The number of carbonyl (C=O) groups is 3. The Morgan fingerprint density at radius 1 is 1.07 bits per heavy atom. The number of rotatable bonds is 7. The first-order chi connectivity index (χ1) is 13.6. The van der Waals surface area contributed by atoms with E-state index in [4.69, 9.17) is 0 Å². The number of aromatic nitrogens is 1. The molecule has 150 valence electrons. The third-order valence-corrected chi connectivity index (χ3v) is 5.84. The quantitative estimate of drug-likeness (QED) is 0.562. The molecule has 2 amide bonds. The zero-order chi connectivity index (χ0) is 19.9. The number of aromatic amines is 1. The van der Waals surface area contributed by atoms with E-state index in [1.54, 1.807) is 4.90 Å². The standard InChI is InChI=1S/C20H25N3O4S/c1-27-20(26)14-28-11-6-18(24)22-7-9-23(10-8-22)19(25)12-15-13-21-17-5-3-2-4-16(15)17/h2-5,13,21H,6-12,14H2,1H3. The van der Waals surface area contributed by atoms with Gasteiger partial charge >= 0.3 is 5.97 Å². The monoisotopic (exact) mass is 403 g/mol. The fourth-order valence-electron chi connectivity index (χ4n) is 3.29. The minimum absolute atomic E-state index is 0.0705. The summed E-state index contributed by atoms with van der Waals surface area (Å²) in [5.41, 5.74) is 2.03. The summed E-state index contributed by atoms with van der Waals surface area (Å²) in [4.78, 5) is 42.8. The van der Waals surface area contributed by atoms with Gasteiger partial charge in [-0.25, -0.2) is 0 Å². The summed E-state index contributed by atoms with van der Waals surface area (Å²) in [6, 6.07) is 7.95. The molecular weight excluding hydrogens is 378 g/mol. The number of esters is 1. The van der Waals surface area contributed by atoms with Gasteiger partial charge in [0.25, 0.3) is 0 Å². The van der Waals surface area contributed by atoms with Crippen molar-refractivity contribution in [1.29, 1.82) is 0 Å². The van der Waals surface area contributed by atoms with Gasteiger partial charge in [0.05, 0.1) is 19.3 Å². The van der Waals surface area contributed by atoms with Crippen molar-refractivity contribution in [3.8, 4) is 0 Å². The molecule has 0 bridgehead atoms. The summed E-state index contributed by atoms with van der Waals surface area (Å²) in [5, 5.41) is 1.08. The van der Waals surface area contributed by atoms with Gasteiger partial charge in [-0.3, -0.25) is 14.4 Å². The van der Waals surface area contributed by atoms with Crippen molar-refractivity contribution in [2.75, 3.05) is 44.8 Å². The molecule has 0 aliphatic carbocycles. The second kappa shape index (κ2) is 9.64. The number of benzene rings is 1. The molecule has 1 aliphatic rings. The van der Waals surface area contributed by atoms with Gasteiger partial charge < -0.3 is 19.5 Å². The Hall–Kier alpha value is -2.48. The van der Waals surface area contributed by atoms with Crippen molar-refractivity contribution in [1.82, 2.24) is 14.8 Å². The van der Waals surface area contributed by atoms with Gasteiger partial charge in [-0.15, -0.1) is 11.8 Å². The van der Waals surface area contributed by atoms with E-state index in [0.29, 0.717) is 44.8 Å². The number of amides is 2. The molecule has 3 rings (SSSR count). The molecule has 0 radical (unpaired) electrons. The Bertz CT molecular complexity index is 843. The molecule has 1 fully saturated rings. The lowest BCUT2D eigenvalue weighted by atomic mass is 10.1. The average Bonchev–Trinajstić information content (AvgIpc) is 3.13. The molecule has 7 nitrogen and oxygen atoms in total. The second-order valence-electron chi connectivity index (χ2n) is 6.68. The van der Waals surface area contributed by atoms with Crippen molar-refractivity contribution in [3.05, 3.63) is 36.0 Å². The summed E-state index contributed by atoms with van der Waals surface area (Å²) < 4.78 is 4.57. The number of ether oxygens (including phenoxy) is 1. The van der Waals surface area contributed by atoms with Crippen LogP contribution in [0, 0.1) is 0 Å². The van der Waals surface area contributed by atoms with Crippen molar-refractivity contribution in [2.24, 2.45) is 0 Å². The van der Waals surface area contributed by atoms with E-state index in [2.05, 4.69) is 9.72 Å². The summed E-state index contributed by atoms with van der Waals surface area (Å²) >= 11 is 1.40. The molecule has 1 aliphatic heterocycles. The third-order valence-electron chi connectivity index (χ3n) is 4.91. The van der Waals surface area contributed by atoms with Crippen LogP contribution in [-0.4, -0.2) is 77.4 Å². The fourth-order valence-corrected chi connectivity index (χ4v) is 4.04. The van der Waals surface area contributed by atoms with Crippen LogP contribution < -0.4 is 0 Å². The van der Waals surface area contributed by atoms with Crippen LogP contribution in [0.15, 0.2) is 30.5 Å². The van der Waals surface area contributed by atoms with E-state index in [1.165, 1.54) is 18.9 Å². The molecule has 8 heteroatoms. The highest BCUT2D eigenvalue weighted by molar-refractivity contribution is 7.99. The van der Waals surface area contributed by atoms with Crippen molar-refractivity contribution >= 4 is 40.4 Å². The lowest BCUT2D eigenvalue weighted by Gasteiger charge is -2.35. The smallest absolute Gasteiger partial charge is 0.315 e. The minimum Gasteiger partial charge on any atom is -0.468 e. The molecule has 2 heterocycles. The lowest BCUT2D eigenvalue weighted by molar-refractivity contribution is -0.138. The van der Waals surface area contributed by atoms with E-state index < -0.39 is 0 Å². The number of hydrogen-bond acceptors (Lipinski definition) is 5. The minimum atomic E-state index is -0.278. The third kappa shape index (κ3) is 5.07. The Kier molecular flexibility index (Phi) is 6.97. The average molecular weight is 404 g/mol. The number of para-hydroxylation sites is 1. The number of piperazine rings is 1. The highest BCUT2D eigenvalue weighted by atomic mass is 32.2. The van der Waals surface area contributed by atoms with Gasteiger partial charge in [-0.1, -0.05) is 18.2 Å². The second-order valence-corrected chi connectivity index (χ2v) is 7.78. The molecule has 0 unspecified atom stereocenters.